The average molecular weight is 519 g/mol. The van der Waals surface area contributed by atoms with Crippen LogP contribution in [0.2, 0.25) is 5.02 Å². The summed E-state index contributed by atoms with van der Waals surface area (Å²) >= 11 is 6.61. The number of rotatable bonds is 12. The van der Waals surface area contributed by atoms with Gasteiger partial charge >= 0.3 is 0 Å². The maximum atomic E-state index is 13.7. The van der Waals surface area contributed by atoms with Crippen molar-refractivity contribution >= 4 is 33.5 Å². The summed E-state index contributed by atoms with van der Waals surface area (Å²) in [5.74, 6) is 2.75. The molecule has 0 atom stereocenters. The Morgan fingerprint density at radius 3 is 1.69 bits per heavy atom. The lowest BCUT2D eigenvalue weighted by molar-refractivity contribution is 0.227. The fourth-order valence-electron chi connectivity index (χ4n) is 3.46. The molecule has 7 heteroatoms. The lowest BCUT2D eigenvalue weighted by atomic mass is 10.1. The fourth-order valence-corrected chi connectivity index (χ4v) is 3.71. The lowest BCUT2D eigenvalue weighted by Gasteiger charge is -2.19. The van der Waals surface area contributed by atoms with Crippen molar-refractivity contribution in [3.05, 3.63) is 33.4 Å². The maximum Gasteiger partial charge on any atom is 0.206 e. The van der Waals surface area contributed by atoms with E-state index in [1.807, 2.05) is 27.7 Å². The number of hydrogen-bond donors (Lipinski definition) is 0. The molecule has 0 aliphatic rings. The van der Waals surface area contributed by atoms with Crippen molar-refractivity contribution in [3.63, 3.8) is 0 Å². The van der Waals surface area contributed by atoms with Gasteiger partial charge in [0, 0.05) is 0 Å². The van der Waals surface area contributed by atoms with Gasteiger partial charge < -0.3 is 23.4 Å². The molecule has 2 aromatic carbocycles. The summed E-state index contributed by atoms with van der Waals surface area (Å²) < 4.78 is 30.8. The van der Waals surface area contributed by atoms with E-state index in [0.29, 0.717) is 76.7 Å². The summed E-state index contributed by atoms with van der Waals surface area (Å²) in [5.41, 5.74) is 0.385. The third-order valence-electron chi connectivity index (χ3n) is 5.17. The van der Waals surface area contributed by atoms with Gasteiger partial charge in [-0.1, -0.05) is 67.0 Å². The Labute approximate surface area is 218 Å². The molecule has 0 saturated heterocycles. The molecule has 0 spiro atoms. The second-order valence-corrected chi connectivity index (χ2v) is 11.3. The molecule has 1 aromatic heterocycles. The number of ether oxygens (including phenoxy) is 4. The summed E-state index contributed by atoms with van der Waals surface area (Å²) in [6, 6.07) is 5.07. The Kier molecular flexibility index (Phi) is 9.40. The monoisotopic (exact) mass is 518 g/mol. The molecular weight excluding hydrogens is 480 g/mol. The highest BCUT2D eigenvalue weighted by molar-refractivity contribution is 6.33. The van der Waals surface area contributed by atoms with E-state index in [1.165, 1.54) is 0 Å². The van der Waals surface area contributed by atoms with Gasteiger partial charge in [0.1, 0.15) is 0 Å². The maximum absolute atomic E-state index is 13.7. The van der Waals surface area contributed by atoms with E-state index in [2.05, 4.69) is 27.7 Å². The molecule has 1 heterocycles. The SMILES string of the molecule is CC(C)COc1ccc2c(=O)c3cc(Cl)c(OCC(C)C)c(OCC(C)C)c3oc2c1OCC(C)C. The van der Waals surface area contributed by atoms with Crippen LogP contribution in [0.1, 0.15) is 55.4 Å². The predicted octanol–water partition coefficient (Wildman–Crippen LogP) is 7.74. The van der Waals surface area contributed by atoms with Crippen LogP contribution in [0.5, 0.6) is 23.0 Å². The first-order chi connectivity index (χ1) is 17.0. The number of fused-ring (bicyclic) bond motifs is 2. The van der Waals surface area contributed by atoms with Gasteiger partial charge in [-0.05, 0) is 41.9 Å². The molecular formula is C29H39ClO6. The second kappa shape index (κ2) is 12.1. The van der Waals surface area contributed by atoms with Crippen molar-refractivity contribution in [3.8, 4) is 23.0 Å². The van der Waals surface area contributed by atoms with Crippen LogP contribution in [0.15, 0.2) is 27.4 Å². The van der Waals surface area contributed by atoms with Gasteiger partial charge in [0.2, 0.25) is 16.9 Å². The third kappa shape index (κ3) is 6.58. The summed E-state index contributed by atoms with van der Waals surface area (Å²) in [6.45, 7) is 18.3. The molecule has 0 N–H and O–H groups in total. The molecule has 36 heavy (non-hydrogen) atoms. The number of hydrogen-bond acceptors (Lipinski definition) is 6. The molecule has 0 aliphatic carbocycles. The largest absolute Gasteiger partial charge is 0.489 e. The number of benzene rings is 2. The summed E-state index contributed by atoms with van der Waals surface area (Å²) in [6.07, 6.45) is 0. The van der Waals surface area contributed by atoms with Crippen LogP contribution in [0.25, 0.3) is 21.9 Å². The first kappa shape index (κ1) is 28.0. The van der Waals surface area contributed by atoms with E-state index in [9.17, 15) is 4.79 Å². The van der Waals surface area contributed by atoms with E-state index >= 15 is 0 Å². The van der Waals surface area contributed by atoms with Crippen molar-refractivity contribution < 1.29 is 23.4 Å². The Morgan fingerprint density at radius 2 is 1.14 bits per heavy atom. The zero-order chi connectivity index (χ0) is 26.6. The van der Waals surface area contributed by atoms with E-state index < -0.39 is 0 Å². The predicted molar refractivity (Wildman–Crippen MR) is 146 cm³/mol. The standard InChI is InChI=1S/C29H39ClO6/c1-16(2)12-32-23-10-9-20-24(31)21-11-22(30)27(33-13-17(3)4)29(35-15-19(7)8)26(21)36-25(20)28(23)34-14-18(5)6/h9-11,16-19H,12-15H2,1-8H3. The van der Waals surface area contributed by atoms with Gasteiger partial charge in [0.25, 0.3) is 0 Å². The van der Waals surface area contributed by atoms with Gasteiger partial charge in [0.05, 0.1) is 42.2 Å². The quantitative estimate of drug-likeness (QED) is 0.228. The Morgan fingerprint density at radius 1 is 0.667 bits per heavy atom. The molecule has 3 aromatic rings. The normalized spacial score (nSPS) is 11.9. The van der Waals surface area contributed by atoms with Gasteiger partial charge in [0.15, 0.2) is 22.7 Å². The average Bonchev–Trinajstić information content (AvgIpc) is 2.79. The lowest BCUT2D eigenvalue weighted by Crippen LogP contribution is -2.12. The molecule has 0 aliphatic heterocycles. The van der Waals surface area contributed by atoms with E-state index in [1.54, 1.807) is 18.2 Å². The highest BCUT2D eigenvalue weighted by Gasteiger charge is 2.24. The molecule has 198 valence electrons. The van der Waals surface area contributed by atoms with Crippen LogP contribution in [-0.2, 0) is 0 Å². The van der Waals surface area contributed by atoms with Crippen molar-refractivity contribution in [2.24, 2.45) is 23.7 Å². The topological polar surface area (TPSA) is 67.1 Å². The van der Waals surface area contributed by atoms with Crippen LogP contribution in [0.3, 0.4) is 0 Å². The minimum absolute atomic E-state index is 0.220. The van der Waals surface area contributed by atoms with E-state index in [0.717, 1.165) is 0 Å². The van der Waals surface area contributed by atoms with Crippen molar-refractivity contribution in [1.82, 2.24) is 0 Å². The van der Waals surface area contributed by atoms with Gasteiger partial charge in [-0.25, -0.2) is 0 Å². The van der Waals surface area contributed by atoms with Gasteiger partial charge in [-0.15, -0.1) is 0 Å². The Hall–Kier alpha value is -2.60. The summed E-state index contributed by atoms with van der Waals surface area (Å²) in [4.78, 5) is 13.7. The van der Waals surface area contributed by atoms with Crippen molar-refractivity contribution in [2.45, 2.75) is 55.4 Å². The summed E-state index contributed by atoms with van der Waals surface area (Å²) in [5, 5.41) is 1.02. The van der Waals surface area contributed by atoms with Crippen molar-refractivity contribution in [2.75, 3.05) is 26.4 Å². The third-order valence-corrected chi connectivity index (χ3v) is 5.45. The van der Waals surface area contributed by atoms with Crippen LogP contribution in [0.4, 0.5) is 0 Å². The van der Waals surface area contributed by atoms with Crippen LogP contribution in [0, 0.1) is 23.7 Å². The van der Waals surface area contributed by atoms with E-state index in [4.69, 9.17) is 35.0 Å². The zero-order valence-corrected chi connectivity index (χ0v) is 23.5. The van der Waals surface area contributed by atoms with Crippen LogP contribution < -0.4 is 24.4 Å². The number of halogens is 1. The fraction of sp³-hybridized carbons (Fsp3) is 0.552. The molecule has 0 amide bonds. The zero-order valence-electron chi connectivity index (χ0n) is 22.7. The van der Waals surface area contributed by atoms with Crippen LogP contribution >= 0.6 is 11.6 Å². The molecule has 6 nitrogen and oxygen atoms in total. The summed E-state index contributed by atoms with van der Waals surface area (Å²) in [7, 11) is 0. The molecule has 0 saturated carbocycles. The molecule has 0 unspecified atom stereocenters. The molecule has 0 radical (unpaired) electrons. The molecule has 0 fully saturated rings. The molecule has 0 bridgehead atoms. The van der Waals surface area contributed by atoms with Crippen LogP contribution in [-0.4, -0.2) is 26.4 Å². The van der Waals surface area contributed by atoms with Gasteiger partial charge in [-0.3, -0.25) is 4.79 Å². The second-order valence-electron chi connectivity index (χ2n) is 10.9. The van der Waals surface area contributed by atoms with E-state index in [-0.39, 0.29) is 28.8 Å². The Balaban J connectivity index is 2.32. The highest BCUT2D eigenvalue weighted by atomic mass is 35.5. The minimum Gasteiger partial charge on any atom is -0.489 e. The minimum atomic E-state index is -0.220. The van der Waals surface area contributed by atoms with Gasteiger partial charge in [-0.2, -0.15) is 0 Å². The molecule has 3 rings (SSSR count). The smallest absolute Gasteiger partial charge is 0.206 e. The Bertz CT molecular complexity index is 1240. The first-order valence-electron chi connectivity index (χ1n) is 12.8. The highest BCUT2D eigenvalue weighted by Crippen LogP contribution is 2.44. The van der Waals surface area contributed by atoms with Crippen molar-refractivity contribution in [1.29, 1.82) is 0 Å². The first-order valence-corrected chi connectivity index (χ1v) is 13.1.